The molecule has 2 saturated heterocycles. The number of nitrogens with zero attached hydrogens (tertiary/aromatic N) is 2. The lowest BCUT2D eigenvalue weighted by molar-refractivity contribution is -0.131. The van der Waals surface area contributed by atoms with Gasteiger partial charge in [-0.25, -0.2) is 4.79 Å². The predicted molar refractivity (Wildman–Crippen MR) is 75.0 cm³/mol. The molecule has 2 heterocycles. The Morgan fingerprint density at radius 3 is 2.32 bits per heavy atom. The molecule has 0 spiro atoms. The van der Waals surface area contributed by atoms with E-state index in [1.807, 2.05) is 11.9 Å². The van der Waals surface area contributed by atoms with Crippen LogP contribution in [0.15, 0.2) is 0 Å². The summed E-state index contributed by atoms with van der Waals surface area (Å²) in [6, 6.07) is 0.446. The highest BCUT2D eigenvalue weighted by atomic mass is 16.5. The molecule has 6 nitrogen and oxygen atoms in total. The topological polar surface area (TPSA) is 61.9 Å². The fourth-order valence-corrected chi connectivity index (χ4v) is 1.90. The monoisotopic (exact) mass is 273 g/mol. The average Bonchev–Trinajstić information content (AvgIpc) is 2.74. The van der Waals surface area contributed by atoms with Crippen molar-refractivity contribution in [3.8, 4) is 0 Å². The summed E-state index contributed by atoms with van der Waals surface area (Å²) in [4.78, 5) is 24.8. The van der Waals surface area contributed by atoms with Gasteiger partial charge in [0.25, 0.3) is 0 Å². The highest BCUT2D eigenvalue weighted by molar-refractivity contribution is 5.75. The number of carbonyl (C=O) groups is 2. The van der Waals surface area contributed by atoms with Gasteiger partial charge in [-0.3, -0.25) is 4.79 Å². The zero-order valence-electron chi connectivity index (χ0n) is 11.4. The van der Waals surface area contributed by atoms with Gasteiger partial charge in [-0.05, 0) is 12.8 Å². The van der Waals surface area contributed by atoms with Crippen LogP contribution in [0, 0.1) is 0 Å². The van der Waals surface area contributed by atoms with Crippen LogP contribution in [0.25, 0.3) is 0 Å². The Balaban J connectivity index is 0.000000352. The lowest BCUT2D eigenvalue weighted by atomic mass is 10.1. The van der Waals surface area contributed by atoms with Crippen molar-refractivity contribution >= 4 is 11.9 Å². The Morgan fingerprint density at radius 1 is 1.42 bits per heavy atom. The molecule has 2 aliphatic heterocycles. The van der Waals surface area contributed by atoms with Crippen molar-refractivity contribution in [3.05, 3.63) is 0 Å². The van der Waals surface area contributed by atoms with Gasteiger partial charge >= 0.3 is 6.03 Å². The molecule has 1 N–H and O–H groups in total. The average molecular weight is 273 g/mol. The van der Waals surface area contributed by atoms with E-state index in [9.17, 15) is 9.59 Å². The molecule has 0 aromatic heterocycles. The SMILES string of the molecule is C.CC(=O)N(C)C1CCOCC1.CN1CCNC1=O. The number of hydrogen-bond acceptors (Lipinski definition) is 3. The first-order chi connectivity index (χ1) is 8.52. The van der Waals surface area contributed by atoms with E-state index < -0.39 is 0 Å². The molecule has 2 aliphatic rings. The number of likely N-dealkylation sites (N-methyl/N-ethyl adjacent to an activating group) is 1. The molecule has 0 atom stereocenters. The van der Waals surface area contributed by atoms with Gasteiger partial charge in [0.2, 0.25) is 5.91 Å². The van der Waals surface area contributed by atoms with Gasteiger partial charge in [-0.1, -0.05) is 7.43 Å². The van der Waals surface area contributed by atoms with Crippen molar-refractivity contribution in [2.75, 3.05) is 40.4 Å². The Bertz CT molecular complexity index is 291. The quantitative estimate of drug-likeness (QED) is 0.773. The first-order valence-corrected chi connectivity index (χ1v) is 6.32. The summed E-state index contributed by atoms with van der Waals surface area (Å²) in [6.07, 6.45) is 1.96. The molecule has 0 aliphatic carbocycles. The smallest absolute Gasteiger partial charge is 0.317 e. The van der Waals surface area contributed by atoms with Crippen molar-refractivity contribution in [3.63, 3.8) is 0 Å². The summed E-state index contributed by atoms with van der Waals surface area (Å²) in [7, 11) is 3.64. The Hall–Kier alpha value is -1.30. The third kappa shape index (κ3) is 5.92. The summed E-state index contributed by atoms with van der Waals surface area (Å²) in [5.41, 5.74) is 0. The van der Waals surface area contributed by atoms with Crippen molar-refractivity contribution < 1.29 is 14.3 Å². The second-order valence-corrected chi connectivity index (χ2v) is 4.63. The van der Waals surface area contributed by atoms with Crippen molar-refractivity contribution in [2.45, 2.75) is 33.2 Å². The van der Waals surface area contributed by atoms with Crippen LogP contribution in [0.1, 0.15) is 27.2 Å². The van der Waals surface area contributed by atoms with E-state index in [0.717, 1.165) is 39.1 Å². The highest BCUT2D eigenvalue weighted by Gasteiger charge is 2.19. The maximum Gasteiger partial charge on any atom is 0.317 e. The number of hydrogen-bond donors (Lipinski definition) is 1. The van der Waals surface area contributed by atoms with Crippen LogP contribution < -0.4 is 5.32 Å². The minimum absolute atomic E-state index is 0. The van der Waals surface area contributed by atoms with Crippen LogP contribution in [0.3, 0.4) is 0 Å². The second kappa shape index (κ2) is 8.74. The van der Waals surface area contributed by atoms with Gasteiger partial charge in [0.15, 0.2) is 0 Å². The maximum absolute atomic E-state index is 10.9. The molecule has 0 saturated carbocycles. The zero-order chi connectivity index (χ0) is 13.5. The molecule has 0 radical (unpaired) electrons. The summed E-state index contributed by atoms with van der Waals surface area (Å²) in [5, 5.41) is 2.66. The third-order valence-corrected chi connectivity index (χ3v) is 3.31. The van der Waals surface area contributed by atoms with Crippen LogP contribution in [0.4, 0.5) is 4.79 Å². The number of carbonyl (C=O) groups excluding carboxylic acids is 2. The molecule has 2 fully saturated rings. The molecule has 0 aromatic carbocycles. The Labute approximate surface area is 116 Å². The normalized spacial score (nSPS) is 18.9. The molecule has 19 heavy (non-hydrogen) atoms. The number of rotatable bonds is 1. The predicted octanol–water partition coefficient (Wildman–Crippen LogP) is 0.921. The Kier molecular flexibility index (Phi) is 8.14. The van der Waals surface area contributed by atoms with Gasteiger partial charge in [-0.2, -0.15) is 0 Å². The van der Waals surface area contributed by atoms with Crippen LogP contribution in [0.5, 0.6) is 0 Å². The summed E-state index contributed by atoms with van der Waals surface area (Å²) >= 11 is 0. The maximum atomic E-state index is 10.9. The first-order valence-electron chi connectivity index (χ1n) is 6.32. The van der Waals surface area contributed by atoms with Gasteiger partial charge in [0, 0.05) is 53.4 Å². The molecular weight excluding hydrogens is 246 g/mol. The molecule has 6 heteroatoms. The summed E-state index contributed by atoms with van der Waals surface area (Å²) in [6.45, 7) is 4.84. The van der Waals surface area contributed by atoms with Crippen LogP contribution in [-0.4, -0.2) is 68.2 Å². The standard InChI is InChI=1S/C8H15NO2.C4H8N2O.CH4/c1-7(10)9(2)8-3-5-11-6-4-8;1-6-3-2-5-4(6)7;/h8H,3-6H2,1-2H3;2-3H2,1H3,(H,5,7);1H4. The number of urea groups is 1. The summed E-state index contributed by atoms with van der Waals surface area (Å²) in [5.74, 6) is 0.150. The molecule has 0 bridgehead atoms. The number of ether oxygens (including phenoxy) is 1. The van der Waals surface area contributed by atoms with E-state index in [4.69, 9.17) is 4.74 Å². The van der Waals surface area contributed by atoms with Gasteiger partial charge in [0.1, 0.15) is 0 Å². The fraction of sp³-hybridized carbons (Fsp3) is 0.846. The number of amides is 3. The van der Waals surface area contributed by atoms with Crippen LogP contribution in [0.2, 0.25) is 0 Å². The van der Waals surface area contributed by atoms with E-state index in [0.29, 0.717) is 6.04 Å². The third-order valence-electron chi connectivity index (χ3n) is 3.31. The van der Waals surface area contributed by atoms with Gasteiger partial charge in [0.05, 0.1) is 0 Å². The van der Waals surface area contributed by atoms with Crippen LogP contribution in [-0.2, 0) is 9.53 Å². The van der Waals surface area contributed by atoms with Crippen molar-refractivity contribution in [1.82, 2.24) is 15.1 Å². The van der Waals surface area contributed by atoms with E-state index in [1.165, 1.54) is 0 Å². The zero-order valence-corrected chi connectivity index (χ0v) is 11.4. The first kappa shape index (κ1) is 17.7. The molecular formula is C13H27N3O3. The van der Waals surface area contributed by atoms with E-state index in [-0.39, 0.29) is 19.4 Å². The second-order valence-electron chi connectivity index (χ2n) is 4.63. The Morgan fingerprint density at radius 2 is 2.00 bits per heavy atom. The van der Waals surface area contributed by atoms with Gasteiger partial charge in [-0.15, -0.1) is 0 Å². The molecule has 0 unspecified atom stereocenters. The molecule has 2 rings (SSSR count). The van der Waals surface area contributed by atoms with E-state index in [2.05, 4.69) is 5.32 Å². The van der Waals surface area contributed by atoms with Crippen molar-refractivity contribution in [1.29, 1.82) is 0 Å². The van der Waals surface area contributed by atoms with E-state index in [1.54, 1.807) is 18.9 Å². The fourth-order valence-electron chi connectivity index (χ4n) is 1.90. The minimum Gasteiger partial charge on any atom is -0.381 e. The lowest BCUT2D eigenvalue weighted by Crippen LogP contribution is -2.39. The largest absolute Gasteiger partial charge is 0.381 e. The molecule has 112 valence electrons. The number of nitrogens with one attached hydrogen (secondary N) is 1. The molecule has 3 amide bonds. The molecule has 0 aromatic rings. The minimum atomic E-state index is 0. The van der Waals surface area contributed by atoms with E-state index >= 15 is 0 Å². The van der Waals surface area contributed by atoms with Gasteiger partial charge < -0.3 is 19.9 Å². The lowest BCUT2D eigenvalue weighted by Gasteiger charge is -2.30. The van der Waals surface area contributed by atoms with Crippen molar-refractivity contribution in [2.24, 2.45) is 0 Å². The van der Waals surface area contributed by atoms with Crippen LogP contribution >= 0.6 is 0 Å². The summed E-state index contributed by atoms with van der Waals surface area (Å²) < 4.78 is 5.19. The highest BCUT2D eigenvalue weighted by Crippen LogP contribution is 2.12.